The monoisotopic (exact) mass is 430 g/mol. The molecule has 0 unspecified atom stereocenters. The Kier molecular flexibility index (Phi) is 5.22. The van der Waals surface area contributed by atoms with Crippen molar-refractivity contribution in [3.63, 3.8) is 0 Å². The number of fused-ring (bicyclic) bond motifs is 1. The molecular formula is C22H21F3N4O2. The summed E-state index contributed by atoms with van der Waals surface area (Å²) in [5.41, 5.74) is 5.33. The fourth-order valence-corrected chi connectivity index (χ4v) is 3.81. The largest absolute Gasteiger partial charge is 0.438 e. The molecule has 9 heteroatoms. The molecule has 0 saturated heterocycles. The zero-order valence-electron chi connectivity index (χ0n) is 17.0. The van der Waals surface area contributed by atoms with Gasteiger partial charge in [0.1, 0.15) is 23.1 Å². The average Bonchev–Trinajstić information content (AvgIpc) is 3.11. The molecule has 6 nitrogen and oxygen atoms in total. The Labute approximate surface area is 177 Å². The molecule has 2 N–H and O–H groups in total. The predicted molar refractivity (Wildman–Crippen MR) is 108 cm³/mol. The maximum atomic E-state index is 14.0. The topological polar surface area (TPSA) is 73.4 Å². The van der Waals surface area contributed by atoms with E-state index in [9.17, 15) is 18.0 Å². The zero-order chi connectivity index (χ0) is 22.3. The van der Waals surface area contributed by atoms with E-state index in [-0.39, 0.29) is 18.1 Å². The molecule has 0 saturated carbocycles. The van der Waals surface area contributed by atoms with Gasteiger partial charge in [0.25, 0.3) is 0 Å². The lowest BCUT2D eigenvalue weighted by molar-refractivity contribution is -0.137. The van der Waals surface area contributed by atoms with Crippen LogP contribution in [-0.4, -0.2) is 33.4 Å². The molecule has 3 aromatic rings. The highest BCUT2D eigenvalue weighted by atomic mass is 19.2. The van der Waals surface area contributed by atoms with Gasteiger partial charge in [-0.25, -0.2) is 18.2 Å². The number of imidazole rings is 1. The van der Waals surface area contributed by atoms with Crippen molar-refractivity contribution in [1.82, 2.24) is 14.5 Å². The number of halogens is 3. The van der Waals surface area contributed by atoms with Gasteiger partial charge in [0.05, 0.1) is 12.1 Å². The van der Waals surface area contributed by atoms with Crippen LogP contribution in [0.5, 0.6) is 11.6 Å². The van der Waals surface area contributed by atoms with Crippen molar-refractivity contribution in [3.05, 3.63) is 65.7 Å². The summed E-state index contributed by atoms with van der Waals surface area (Å²) in [4.78, 5) is 18.7. The third-order valence-electron chi connectivity index (χ3n) is 5.39. The molecule has 0 bridgehead atoms. The van der Waals surface area contributed by atoms with E-state index >= 15 is 0 Å². The smallest absolute Gasteiger partial charge is 0.237 e. The maximum Gasteiger partial charge on any atom is 0.237 e. The molecule has 1 amide bonds. The molecule has 0 aliphatic carbocycles. The quantitative estimate of drug-likeness (QED) is 0.684. The summed E-state index contributed by atoms with van der Waals surface area (Å²) in [6, 6.07) is 8.89. The number of nitrogens with zero attached hydrogens (tertiary/aromatic N) is 3. The van der Waals surface area contributed by atoms with Gasteiger partial charge < -0.3 is 15.4 Å². The van der Waals surface area contributed by atoms with Gasteiger partial charge in [-0.05, 0) is 56.3 Å². The van der Waals surface area contributed by atoms with Crippen molar-refractivity contribution in [3.8, 4) is 22.9 Å². The molecule has 1 aliphatic heterocycles. The Morgan fingerprint density at radius 3 is 2.45 bits per heavy atom. The second kappa shape index (κ2) is 7.73. The van der Waals surface area contributed by atoms with Gasteiger partial charge in [-0.15, -0.1) is 0 Å². The zero-order valence-corrected chi connectivity index (χ0v) is 17.0. The van der Waals surface area contributed by atoms with E-state index in [4.69, 9.17) is 10.5 Å². The van der Waals surface area contributed by atoms with E-state index in [1.54, 1.807) is 9.47 Å². The van der Waals surface area contributed by atoms with Crippen molar-refractivity contribution in [1.29, 1.82) is 0 Å². The first-order valence-electron chi connectivity index (χ1n) is 9.72. The summed E-state index contributed by atoms with van der Waals surface area (Å²) >= 11 is 0. The van der Waals surface area contributed by atoms with Gasteiger partial charge in [-0.1, -0.05) is 0 Å². The summed E-state index contributed by atoms with van der Waals surface area (Å²) in [7, 11) is 0. The SMILES string of the molecule is CC1(C)c2nc(-c3ccc(F)c(F)c3)c(Oc3ccc(F)cc3)n2CCN1C(=O)CN. The van der Waals surface area contributed by atoms with Gasteiger partial charge in [-0.2, -0.15) is 0 Å². The number of hydrogen-bond donors (Lipinski definition) is 1. The van der Waals surface area contributed by atoms with Crippen LogP contribution in [0.3, 0.4) is 0 Å². The molecule has 2 aromatic carbocycles. The van der Waals surface area contributed by atoms with E-state index in [1.165, 1.54) is 30.3 Å². The van der Waals surface area contributed by atoms with E-state index in [0.29, 0.717) is 36.1 Å². The van der Waals surface area contributed by atoms with Crippen LogP contribution in [0.1, 0.15) is 19.7 Å². The van der Waals surface area contributed by atoms with Crippen LogP contribution >= 0.6 is 0 Å². The Morgan fingerprint density at radius 1 is 1.10 bits per heavy atom. The van der Waals surface area contributed by atoms with Crippen molar-refractivity contribution in [2.24, 2.45) is 5.73 Å². The Bertz CT molecular complexity index is 1140. The van der Waals surface area contributed by atoms with Gasteiger partial charge in [0, 0.05) is 18.7 Å². The molecule has 0 atom stereocenters. The first kappa shape index (κ1) is 20.9. The number of amides is 1. The van der Waals surface area contributed by atoms with Crippen LogP contribution in [0.15, 0.2) is 42.5 Å². The standard InChI is InChI=1S/C22H21F3N4O2/c1-22(2)21-27-19(13-3-8-16(24)17(25)11-13)20(31-15-6-4-14(23)5-7-15)28(21)9-10-29(22)18(30)12-26/h3-8,11H,9-10,12,26H2,1-2H3. The van der Waals surface area contributed by atoms with Crippen LogP contribution in [0.2, 0.25) is 0 Å². The summed E-state index contributed by atoms with van der Waals surface area (Å²) in [6.07, 6.45) is 0. The normalized spacial score (nSPS) is 15.0. The van der Waals surface area contributed by atoms with Crippen molar-refractivity contribution in [2.75, 3.05) is 13.1 Å². The van der Waals surface area contributed by atoms with E-state index in [0.717, 1.165) is 12.1 Å². The highest BCUT2D eigenvalue weighted by Crippen LogP contribution is 2.41. The number of hydrogen-bond acceptors (Lipinski definition) is 4. The summed E-state index contributed by atoms with van der Waals surface area (Å²) in [5, 5.41) is 0. The third kappa shape index (κ3) is 3.65. The highest BCUT2D eigenvalue weighted by Gasteiger charge is 2.41. The number of aromatic nitrogens is 2. The highest BCUT2D eigenvalue weighted by molar-refractivity contribution is 5.79. The second-order valence-corrected chi connectivity index (χ2v) is 7.73. The Hall–Kier alpha value is -3.33. The molecule has 31 heavy (non-hydrogen) atoms. The molecule has 162 valence electrons. The number of carbonyl (C=O) groups is 1. The van der Waals surface area contributed by atoms with E-state index in [2.05, 4.69) is 4.98 Å². The summed E-state index contributed by atoms with van der Waals surface area (Å²) in [6.45, 7) is 4.24. The molecule has 1 aromatic heterocycles. The van der Waals surface area contributed by atoms with E-state index in [1.807, 2.05) is 13.8 Å². The lowest BCUT2D eigenvalue weighted by atomic mass is 9.99. The van der Waals surface area contributed by atoms with Crippen LogP contribution in [0.25, 0.3) is 11.3 Å². The number of nitrogens with two attached hydrogens (primary N) is 1. The minimum Gasteiger partial charge on any atom is -0.438 e. The second-order valence-electron chi connectivity index (χ2n) is 7.73. The van der Waals surface area contributed by atoms with Crippen LogP contribution in [0.4, 0.5) is 13.2 Å². The van der Waals surface area contributed by atoms with Gasteiger partial charge in [-0.3, -0.25) is 9.36 Å². The molecule has 0 radical (unpaired) electrons. The van der Waals surface area contributed by atoms with Gasteiger partial charge in [0.2, 0.25) is 11.8 Å². The van der Waals surface area contributed by atoms with Crippen LogP contribution in [0, 0.1) is 17.5 Å². The Balaban J connectivity index is 1.88. The number of benzene rings is 2. The first-order chi connectivity index (χ1) is 14.7. The number of carbonyl (C=O) groups excluding carboxylic acids is 1. The molecular weight excluding hydrogens is 409 g/mol. The van der Waals surface area contributed by atoms with Crippen LogP contribution in [-0.2, 0) is 16.9 Å². The molecule has 1 aliphatic rings. The van der Waals surface area contributed by atoms with Crippen molar-refractivity contribution < 1.29 is 22.7 Å². The predicted octanol–water partition coefficient (Wildman–Crippen LogP) is 3.80. The minimum absolute atomic E-state index is 0.140. The fraction of sp³-hybridized carbons (Fsp3) is 0.273. The molecule has 4 rings (SSSR count). The third-order valence-corrected chi connectivity index (χ3v) is 5.39. The van der Waals surface area contributed by atoms with Crippen molar-refractivity contribution in [2.45, 2.75) is 25.9 Å². The first-order valence-corrected chi connectivity index (χ1v) is 9.72. The van der Waals surface area contributed by atoms with E-state index < -0.39 is 23.0 Å². The van der Waals surface area contributed by atoms with Gasteiger partial charge in [0.15, 0.2) is 11.6 Å². The maximum absolute atomic E-state index is 14.0. The Morgan fingerprint density at radius 2 is 1.81 bits per heavy atom. The van der Waals surface area contributed by atoms with Crippen LogP contribution < -0.4 is 10.5 Å². The number of rotatable bonds is 4. The fourth-order valence-electron chi connectivity index (χ4n) is 3.81. The number of ether oxygens (including phenoxy) is 1. The summed E-state index contributed by atoms with van der Waals surface area (Å²) < 4.78 is 48.6. The molecule has 0 spiro atoms. The molecule has 2 heterocycles. The van der Waals surface area contributed by atoms with Crippen molar-refractivity contribution >= 4 is 5.91 Å². The summed E-state index contributed by atoms with van der Waals surface area (Å²) in [5.74, 6) is -1.48. The molecule has 0 fully saturated rings. The van der Waals surface area contributed by atoms with Gasteiger partial charge >= 0.3 is 0 Å². The average molecular weight is 430 g/mol. The lowest BCUT2D eigenvalue weighted by Gasteiger charge is -2.42. The lowest BCUT2D eigenvalue weighted by Crippen LogP contribution is -2.53. The minimum atomic E-state index is -1.02.